The Kier molecular flexibility index (Phi) is 6.77. The number of amides is 2. The number of thioether (sulfide) groups is 1. The van der Waals surface area contributed by atoms with Crippen LogP contribution in [0.15, 0.2) is 53.5 Å². The van der Waals surface area contributed by atoms with Crippen LogP contribution in [0, 0.1) is 0 Å². The number of hydrogen-bond acceptors (Lipinski definition) is 6. The van der Waals surface area contributed by atoms with Crippen molar-refractivity contribution in [2.45, 2.75) is 18.6 Å². The van der Waals surface area contributed by atoms with Gasteiger partial charge in [0.15, 0.2) is 5.17 Å². The summed E-state index contributed by atoms with van der Waals surface area (Å²) in [6.45, 7) is 2.39. The number of imide groups is 1. The lowest BCUT2D eigenvalue weighted by molar-refractivity contribution is -0.121. The van der Waals surface area contributed by atoms with Crippen LogP contribution < -0.4 is 19.7 Å². The van der Waals surface area contributed by atoms with Gasteiger partial charge in [0.1, 0.15) is 16.7 Å². The van der Waals surface area contributed by atoms with Gasteiger partial charge in [-0.25, -0.2) is 4.90 Å². The Morgan fingerprint density at radius 3 is 2.62 bits per heavy atom. The number of amidine groups is 1. The van der Waals surface area contributed by atoms with E-state index in [0.29, 0.717) is 23.2 Å². The Hall–Kier alpha value is -3.00. The third-order valence-electron chi connectivity index (χ3n) is 4.29. The van der Waals surface area contributed by atoms with Crippen LogP contribution in [0.4, 0.5) is 11.4 Å². The van der Waals surface area contributed by atoms with E-state index < -0.39 is 5.25 Å². The molecule has 2 aromatic carbocycles. The van der Waals surface area contributed by atoms with E-state index >= 15 is 0 Å². The summed E-state index contributed by atoms with van der Waals surface area (Å²) in [7, 11) is 3.25. The molecule has 1 atom stereocenters. The summed E-state index contributed by atoms with van der Waals surface area (Å²) < 4.78 is 10.6. The molecule has 29 heavy (non-hydrogen) atoms. The van der Waals surface area contributed by atoms with Gasteiger partial charge in [0.25, 0.3) is 0 Å². The summed E-state index contributed by atoms with van der Waals surface area (Å²) in [6.07, 6.45) is 0.117. The Labute approximate surface area is 174 Å². The number of benzene rings is 2. The average Bonchev–Trinajstić information content (AvgIpc) is 3.01. The average molecular weight is 413 g/mol. The van der Waals surface area contributed by atoms with E-state index in [-0.39, 0.29) is 18.2 Å². The van der Waals surface area contributed by atoms with E-state index in [9.17, 15) is 9.59 Å². The van der Waals surface area contributed by atoms with Gasteiger partial charge < -0.3 is 14.8 Å². The maximum atomic E-state index is 12.9. The van der Waals surface area contributed by atoms with Crippen molar-refractivity contribution < 1.29 is 19.1 Å². The number of carbonyl (C=O) groups is 2. The summed E-state index contributed by atoms with van der Waals surface area (Å²) in [6, 6.07) is 14.4. The second kappa shape index (κ2) is 9.47. The number of nitrogens with zero attached hydrogens (tertiary/aromatic N) is 2. The van der Waals surface area contributed by atoms with Crippen molar-refractivity contribution >= 4 is 40.1 Å². The summed E-state index contributed by atoms with van der Waals surface area (Å²) in [4.78, 5) is 30.9. The second-order valence-electron chi connectivity index (χ2n) is 6.19. The molecule has 0 unspecified atom stereocenters. The zero-order chi connectivity index (χ0) is 20.8. The number of aliphatic imine (C=N–C) groups is 1. The minimum absolute atomic E-state index is 0.117. The SMILES string of the molecule is CCOc1cccc(N2C(=O)C[C@@H](SC(=NC)Nc3ccc(OC)cc3)C2=O)c1. The first-order valence-electron chi connectivity index (χ1n) is 9.20. The summed E-state index contributed by atoms with van der Waals surface area (Å²) in [5, 5.41) is 3.20. The van der Waals surface area contributed by atoms with Gasteiger partial charge in [-0.1, -0.05) is 17.8 Å². The van der Waals surface area contributed by atoms with Gasteiger partial charge in [-0.05, 0) is 43.3 Å². The fourth-order valence-electron chi connectivity index (χ4n) is 2.92. The first kappa shape index (κ1) is 20.7. The lowest BCUT2D eigenvalue weighted by atomic mass is 10.3. The number of methoxy groups -OCH3 is 1. The molecule has 0 aromatic heterocycles. The molecule has 1 aliphatic heterocycles. The Morgan fingerprint density at radius 1 is 1.21 bits per heavy atom. The summed E-state index contributed by atoms with van der Waals surface area (Å²) >= 11 is 1.25. The highest BCUT2D eigenvalue weighted by Crippen LogP contribution is 2.32. The molecule has 1 N–H and O–H groups in total. The number of anilines is 2. The molecule has 0 radical (unpaired) electrons. The minimum atomic E-state index is -0.539. The molecule has 8 heteroatoms. The molecule has 0 bridgehead atoms. The molecule has 7 nitrogen and oxygen atoms in total. The van der Waals surface area contributed by atoms with Gasteiger partial charge in [-0.3, -0.25) is 14.6 Å². The lowest BCUT2D eigenvalue weighted by Gasteiger charge is -2.16. The van der Waals surface area contributed by atoms with Gasteiger partial charge in [-0.15, -0.1) is 0 Å². The molecule has 0 aliphatic carbocycles. The van der Waals surface area contributed by atoms with Crippen molar-refractivity contribution in [2.75, 3.05) is 31.0 Å². The normalized spacial score (nSPS) is 16.9. The highest BCUT2D eigenvalue weighted by Gasteiger charge is 2.40. The van der Waals surface area contributed by atoms with Crippen LogP contribution in [0.3, 0.4) is 0 Å². The minimum Gasteiger partial charge on any atom is -0.497 e. The lowest BCUT2D eigenvalue weighted by Crippen LogP contribution is -2.31. The van der Waals surface area contributed by atoms with Crippen LogP contribution in [0.1, 0.15) is 13.3 Å². The fourth-order valence-corrected chi connectivity index (χ4v) is 3.90. The van der Waals surface area contributed by atoms with Crippen LogP contribution in [0.25, 0.3) is 0 Å². The van der Waals surface area contributed by atoms with Gasteiger partial charge in [-0.2, -0.15) is 0 Å². The van der Waals surface area contributed by atoms with Gasteiger partial charge in [0.2, 0.25) is 11.8 Å². The Balaban J connectivity index is 1.70. The Bertz CT molecular complexity index is 914. The standard InChI is InChI=1S/C21H23N3O4S/c1-4-28-17-7-5-6-15(12-17)24-19(25)13-18(20(24)26)29-21(22-2)23-14-8-10-16(27-3)11-9-14/h5-12,18H,4,13H2,1-3H3,(H,22,23)/t18-/m1/s1. The van der Waals surface area contributed by atoms with Crippen molar-refractivity contribution in [2.24, 2.45) is 4.99 Å². The van der Waals surface area contributed by atoms with E-state index in [1.165, 1.54) is 16.7 Å². The monoisotopic (exact) mass is 413 g/mol. The third-order valence-corrected chi connectivity index (χ3v) is 5.45. The molecule has 2 aromatic rings. The van der Waals surface area contributed by atoms with Crippen LogP contribution in [-0.4, -0.2) is 43.0 Å². The maximum absolute atomic E-state index is 12.9. The zero-order valence-corrected chi connectivity index (χ0v) is 17.4. The van der Waals surface area contributed by atoms with E-state index in [0.717, 1.165) is 11.4 Å². The van der Waals surface area contributed by atoms with Gasteiger partial charge >= 0.3 is 0 Å². The highest BCUT2D eigenvalue weighted by molar-refractivity contribution is 8.15. The molecule has 152 valence electrons. The fraction of sp³-hybridized carbons (Fsp3) is 0.286. The first-order valence-corrected chi connectivity index (χ1v) is 10.1. The summed E-state index contributed by atoms with van der Waals surface area (Å²) in [5.41, 5.74) is 1.34. The molecule has 1 saturated heterocycles. The van der Waals surface area contributed by atoms with Crippen LogP contribution in [0.5, 0.6) is 11.5 Å². The van der Waals surface area contributed by atoms with Gasteiger partial charge in [0, 0.05) is 25.2 Å². The van der Waals surface area contributed by atoms with E-state index in [2.05, 4.69) is 10.3 Å². The molecular formula is C21H23N3O4S. The number of hydrogen-bond donors (Lipinski definition) is 1. The van der Waals surface area contributed by atoms with Crippen molar-refractivity contribution in [3.05, 3.63) is 48.5 Å². The first-order chi connectivity index (χ1) is 14.0. The molecule has 1 aliphatic rings. The zero-order valence-electron chi connectivity index (χ0n) is 16.5. The highest BCUT2D eigenvalue weighted by atomic mass is 32.2. The number of ether oxygens (including phenoxy) is 2. The summed E-state index contributed by atoms with van der Waals surface area (Å²) in [5.74, 6) is 0.880. The smallest absolute Gasteiger partial charge is 0.247 e. The van der Waals surface area contributed by atoms with E-state index in [4.69, 9.17) is 9.47 Å². The van der Waals surface area contributed by atoms with Crippen molar-refractivity contribution in [1.29, 1.82) is 0 Å². The quantitative estimate of drug-likeness (QED) is 0.443. The van der Waals surface area contributed by atoms with Crippen molar-refractivity contribution in [1.82, 2.24) is 0 Å². The molecule has 0 spiro atoms. The van der Waals surface area contributed by atoms with E-state index in [1.807, 2.05) is 31.2 Å². The van der Waals surface area contributed by atoms with Crippen LogP contribution in [0.2, 0.25) is 0 Å². The molecule has 2 amide bonds. The molecule has 1 fully saturated rings. The topological polar surface area (TPSA) is 80.2 Å². The van der Waals surface area contributed by atoms with Crippen LogP contribution >= 0.6 is 11.8 Å². The second-order valence-corrected chi connectivity index (χ2v) is 7.38. The van der Waals surface area contributed by atoms with E-state index in [1.54, 1.807) is 38.4 Å². The largest absolute Gasteiger partial charge is 0.497 e. The third kappa shape index (κ3) is 4.89. The molecule has 1 heterocycles. The number of rotatable bonds is 6. The number of nitrogens with one attached hydrogen (secondary N) is 1. The predicted molar refractivity (Wildman–Crippen MR) is 116 cm³/mol. The van der Waals surface area contributed by atoms with Crippen molar-refractivity contribution in [3.8, 4) is 11.5 Å². The van der Waals surface area contributed by atoms with Crippen molar-refractivity contribution in [3.63, 3.8) is 0 Å². The maximum Gasteiger partial charge on any atom is 0.247 e. The molecule has 3 rings (SSSR count). The number of carbonyl (C=O) groups excluding carboxylic acids is 2. The Morgan fingerprint density at radius 2 is 1.97 bits per heavy atom. The van der Waals surface area contributed by atoms with Gasteiger partial charge in [0.05, 0.1) is 19.4 Å². The van der Waals surface area contributed by atoms with Crippen LogP contribution in [-0.2, 0) is 9.59 Å². The molecule has 0 saturated carbocycles. The predicted octanol–water partition coefficient (Wildman–Crippen LogP) is 3.56. The molecular weight excluding hydrogens is 390 g/mol.